The van der Waals surface area contributed by atoms with E-state index in [9.17, 15) is 4.79 Å². The summed E-state index contributed by atoms with van der Waals surface area (Å²) >= 11 is 0. The summed E-state index contributed by atoms with van der Waals surface area (Å²) in [5.41, 5.74) is 0. The second-order valence-electron chi connectivity index (χ2n) is 7.22. The van der Waals surface area contributed by atoms with Crippen LogP contribution in [0.25, 0.3) is 0 Å². The number of carbonyl (C=O) groups excluding carboxylic acids is 1. The van der Waals surface area contributed by atoms with Crippen LogP contribution < -0.4 is 0 Å². The van der Waals surface area contributed by atoms with E-state index in [1.54, 1.807) is 0 Å². The molecule has 3 fully saturated rings. The monoisotopic (exact) mass is 349 g/mol. The van der Waals surface area contributed by atoms with Crippen molar-refractivity contribution >= 4 is 5.91 Å². The maximum absolute atomic E-state index is 12.9. The van der Waals surface area contributed by atoms with Crippen LogP contribution in [0.5, 0.6) is 0 Å². The number of amides is 1. The molecule has 8 nitrogen and oxygen atoms in total. The molecule has 3 atom stereocenters. The molecule has 2 saturated heterocycles. The van der Waals surface area contributed by atoms with Gasteiger partial charge in [-0.05, 0) is 19.8 Å². The van der Waals surface area contributed by atoms with Crippen molar-refractivity contribution in [3.8, 4) is 0 Å². The normalized spacial score (nSPS) is 30.9. The summed E-state index contributed by atoms with van der Waals surface area (Å²) in [6.45, 7) is 5.71. The molecule has 0 radical (unpaired) electrons. The number of nitrogens with zero attached hydrogens (tertiary/aromatic N) is 4. The molecule has 1 N–H and O–H groups in total. The van der Waals surface area contributed by atoms with Crippen molar-refractivity contribution < 1.29 is 14.3 Å². The maximum Gasteiger partial charge on any atom is 0.237 e. The minimum Gasteiger partial charge on any atom is -0.374 e. The number of fused-ring (bicyclic) bond motifs is 1. The average Bonchev–Trinajstić information content (AvgIpc) is 3.08. The Morgan fingerprint density at radius 3 is 2.92 bits per heavy atom. The number of nitrogens with one attached hydrogen (secondary N) is 1. The lowest BCUT2D eigenvalue weighted by Gasteiger charge is -2.44. The van der Waals surface area contributed by atoms with Crippen molar-refractivity contribution in [2.24, 2.45) is 0 Å². The topological polar surface area (TPSA) is 83.6 Å². The van der Waals surface area contributed by atoms with Crippen LogP contribution in [0.3, 0.4) is 0 Å². The van der Waals surface area contributed by atoms with Crippen LogP contribution in [0.15, 0.2) is 0 Å². The van der Waals surface area contributed by atoms with Gasteiger partial charge in [0.05, 0.1) is 31.9 Å². The SMILES string of the molecule is Cc1nc([C@@H]2CN(CC(=O)N3CCO[C@H]4CCCC[C@H]43)CCO2)n[nH]1. The first-order chi connectivity index (χ1) is 12.2. The predicted octanol–water partition coefficient (Wildman–Crippen LogP) is 0.656. The van der Waals surface area contributed by atoms with Gasteiger partial charge in [-0.15, -0.1) is 0 Å². The quantitative estimate of drug-likeness (QED) is 0.863. The molecule has 1 aromatic heterocycles. The molecule has 1 amide bonds. The Hall–Kier alpha value is -1.51. The Morgan fingerprint density at radius 1 is 1.24 bits per heavy atom. The maximum atomic E-state index is 12.9. The van der Waals surface area contributed by atoms with E-state index in [0.717, 1.165) is 25.2 Å². The smallest absolute Gasteiger partial charge is 0.237 e. The van der Waals surface area contributed by atoms with Crippen LogP contribution in [0.2, 0.25) is 0 Å². The molecule has 2 aliphatic heterocycles. The molecule has 0 bridgehead atoms. The van der Waals surface area contributed by atoms with E-state index in [2.05, 4.69) is 25.0 Å². The zero-order valence-electron chi connectivity index (χ0n) is 14.8. The first-order valence-corrected chi connectivity index (χ1v) is 9.34. The molecule has 25 heavy (non-hydrogen) atoms. The van der Waals surface area contributed by atoms with Crippen LogP contribution in [0.1, 0.15) is 43.4 Å². The Labute approximate surface area is 147 Å². The van der Waals surface area contributed by atoms with Crippen molar-refractivity contribution in [3.63, 3.8) is 0 Å². The van der Waals surface area contributed by atoms with Crippen molar-refractivity contribution in [2.75, 3.05) is 39.4 Å². The van der Waals surface area contributed by atoms with Crippen LogP contribution in [-0.4, -0.2) is 82.4 Å². The molecular formula is C17H27N5O3. The number of aryl methyl sites for hydroxylation is 1. The molecule has 1 aromatic rings. The number of rotatable bonds is 3. The van der Waals surface area contributed by atoms with Gasteiger partial charge in [0, 0.05) is 19.6 Å². The van der Waals surface area contributed by atoms with Crippen LogP contribution >= 0.6 is 0 Å². The van der Waals surface area contributed by atoms with Gasteiger partial charge >= 0.3 is 0 Å². The van der Waals surface area contributed by atoms with Gasteiger partial charge in [0.15, 0.2) is 5.82 Å². The highest BCUT2D eigenvalue weighted by molar-refractivity contribution is 5.78. The van der Waals surface area contributed by atoms with Crippen molar-refractivity contribution in [1.29, 1.82) is 0 Å². The highest BCUT2D eigenvalue weighted by Crippen LogP contribution is 2.29. The Kier molecular flexibility index (Phi) is 5.00. The second kappa shape index (κ2) is 7.39. The first-order valence-electron chi connectivity index (χ1n) is 9.34. The minimum atomic E-state index is -0.168. The van der Waals surface area contributed by atoms with Gasteiger partial charge < -0.3 is 14.4 Å². The third kappa shape index (κ3) is 3.70. The number of aromatic nitrogens is 3. The molecule has 138 valence electrons. The molecule has 1 aliphatic carbocycles. The lowest BCUT2D eigenvalue weighted by Crippen LogP contribution is -2.57. The molecule has 8 heteroatoms. The highest BCUT2D eigenvalue weighted by atomic mass is 16.5. The number of aromatic amines is 1. The van der Waals surface area contributed by atoms with Gasteiger partial charge in [0.1, 0.15) is 11.9 Å². The molecule has 3 aliphatic rings. The van der Waals surface area contributed by atoms with E-state index >= 15 is 0 Å². The number of morpholine rings is 2. The number of ether oxygens (including phenoxy) is 2. The fourth-order valence-corrected chi connectivity index (χ4v) is 4.19. The Bertz CT molecular complexity index is 605. The number of carbonyl (C=O) groups is 1. The van der Waals surface area contributed by atoms with Crippen LogP contribution in [0.4, 0.5) is 0 Å². The van der Waals surface area contributed by atoms with E-state index in [0.29, 0.717) is 38.7 Å². The number of hydrogen-bond acceptors (Lipinski definition) is 6. The summed E-state index contributed by atoms with van der Waals surface area (Å²) in [5, 5.41) is 7.05. The van der Waals surface area contributed by atoms with Crippen molar-refractivity contribution in [2.45, 2.75) is 50.9 Å². The third-order valence-electron chi connectivity index (χ3n) is 5.46. The molecule has 0 aromatic carbocycles. The molecule has 0 unspecified atom stereocenters. The summed E-state index contributed by atoms with van der Waals surface area (Å²) < 4.78 is 11.7. The summed E-state index contributed by atoms with van der Waals surface area (Å²) in [6, 6.07) is 0.266. The van der Waals surface area contributed by atoms with Crippen LogP contribution in [-0.2, 0) is 14.3 Å². The lowest BCUT2D eigenvalue weighted by atomic mass is 9.90. The fraction of sp³-hybridized carbons (Fsp3) is 0.824. The fourth-order valence-electron chi connectivity index (χ4n) is 4.19. The number of H-pyrrole nitrogens is 1. The van der Waals surface area contributed by atoms with Gasteiger partial charge in [-0.25, -0.2) is 4.98 Å². The molecular weight excluding hydrogens is 322 g/mol. The first kappa shape index (κ1) is 16.9. The second-order valence-corrected chi connectivity index (χ2v) is 7.22. The van der Waals surface area contributed by atoms with Gasteiger partial charge in [-0.1, -0.05) is 12.8 Å². The largest absolute Gasteiger partial charge is 0.374 e. The summed E-state index contributed by atoms with van der Waals surface area (Å²) in [4.78, 5) is 21.5. The van der Waals surface area contributed by atoms with Gasteiger partial charge in [0.25, 0.3) is 0 Å². The summed E-state index contributed by atoms with van der Waals surface area (Å²) in [7, 11) is 0. The highest BCUT2D eigenvalue weighted by Gasteiger charge is 2.37. The van der Waals surface area contributed by atoms with E-state index in [4.69, 9.17) is 9.47 Å². The van der Waals surface area contributed by atoms with Crippen molar-refractivity contribution in [3.05, 3.63) is 11.6 Å². The summed E-state index contributed by atoms with van der Waals surface area (Å²) in [6.07, 6.45) is 4.62. The molecule has 1 saturated carbocycles. The third-order valence-corrected chi connectivity index (χ3v) is 5.46. The van der Waals surface area contributed by atoms with E-state index in [1.165, 1.54) is 12.8 Å². The standard InChI is InChI=1S/C17H27N5O3/c1-12-18-17(20-19-12)15-10-21(6-8-25-15)11-16(23)22-7-9-24-14-5-3-2-4-13(14)22/h13-15H,2-11H2,1H3,(H,18,19,20)/t13-,14+,15+/m1/s1. The van der Waals surface area contributed by atoms with E-state index in [1.807, 2.05) is 6.92 Å². The van der Waals surface area contributed by atoms with Crippen LogP contribution in [0, 0.1) is 6.92 Å². The van der Waals surface area contributed by atoms with Gasteiger partial charge in [-0.2, -0.15) is 5.10 Å². The van der Waals surface area contributed by atoms with E-state index in [-0.39, 0.29) is 24.2 Å². The zero-order chi connectivity index (χ0) is 17.2. The lowest BCUT2D eigenvalue weighted by molar-refractivity contribution is -0.152. The van der Waals surface area contributed by atoms with Gasteiger partial charge in [-0.3, -0.25) is 14.8 Å². The molecule has 0 spiro atoms. The predicted molar refractivity (Wildman–Crippen MR) is 90.0 cm³/mol. The number of hydrogen-bond donors (Lipinski definition) is 1. The van der Waals surface area contributed by atoms with Gasteiger partial charge in [0.2, 0.25) is 5.91 Å². The van der Waals surface area contributed by atoms with E-state index < -0.39 is 0 Å². The summed E-state index contributed by atoms with van der Waals surface area (Å²) in [5.74, 6) is 1.67. The Morgan fingerprint density at radius 2 is 2.08 bits per heavy atom. The average molecular weight is 349 g/mol. The minimum absolute atomic E-state index is 0.168. The zero-order valence-corrected chi connectivity index (χ0v) is 14.8. The molecule has 3 heterocycles. The Balaban J connectivity index is 1.36. The van der Waals surface area contributed by atoms with Crippen molar-refractivity contribution in [1.82, 2.24) is 25.0 Å². The molecule has 4 rings (SSSR count).